The molecule has 0 amide bonds. The van der Waals surface area contributed by atoms with Crippen LogP contribution in [0.15, 0.2) is 42.7 Å². The molecule has 2 N–H and O–H groups in total. The van der Waals surface area contributed by atoms with Crippen molar-refractivity contribution in [3.8, 4) is 5.75 Å². The Morgan fingerprint density at radius 3 is 2.55 bits per heavy atom. The molecule has 31 heavy (non-hydrogen) atoms. The largest absolute Gasteiger partial charge is 0.496 e. The molecule has 0 bridgehead atoms. The van der Waals surface area contributed by atoms with E-state index in [4.69, 9.17) is 16.3 Å². The van der Waals surface area contributed by atoms with Crippen LogP contribution >= 0.6 is 11.6 Å². The Balaban J connectivity index is 1.93. The first kappa shape index (κ1) is 23.2. The van der Waals surface area contributed by atoms with E-state index in [9.17, 15) is 18.3 Å². The van der Waals surface area contributed by atoms with E-state index in [-0.39, 0.29) is 0 Å². The number of benzene rings is 2. The molecule has 1 heterocycles. The zero-order valence-corrected chi connectivity index (χ0v) is 18.5. The number of imidazole rings is 1. The Morgan fingerprint density at radius 1 is 1.19 bits per heavy atom. The van der Waals surface area contributed by atoms with Gasteiger partial charge in [0.1, 0.15) is 5.75 Å². The molecular formula is C22H25ClF3N3O2. The number of halogens is 4. The van der Waals surface area contributed by atoms with Crippen molar-refractivity contribution < 1.29 is 23.0 Å². The second kappa shape index (κ2) is 8.24. The lowest BCUT2D eigenvalue weighted by atomic mass is 9.74. The zero-order chi connectivity index (χ0) is 23.0. The number of alkyl halides is 3. The number of fused-ring (bicyclic) bond motifs is 1. The predicted molar refractivity (Wildman–Crippen MR) is 116 cm³/mol. The molecule has 3 aromatic rings. The fourth-order valence-electron chi connectivity index (χ4n) is 3.91. The summed E-state index contributed by atoms with van der Waals surface area (Å²) < 4.78 is 49.3. The first-order valence-corrected chi connectivity index (χ1v) is 10.0. The van der Waals surface area contributed by atoms with Gasteiger partial charge in [-0.3, -0.25) is 0 Å². The average Bonchev–Trinajstić information content (AvgIpc) is 3.06. The van der Waals surface area contributed by atoms with Gasteiger partial charge < -0.3 is 19.7 Å². The van der Waals surface area contributed by atoms with Gasteiger partial charge in [-0.2, -0.15) is 13.2 Å². The number of rotatable bonds is 7. The summed E-state index contributed by atoms with van der Waals surface area (Å²) in [5, 5.41) is 14.0. The molecule has 9 heteroatoms. The molecule has 168 valence electrons. The van der Waals surface area contributed by atoms with Crippen LogP contribution in [0.2, 0.25) is 5.02 Å². The summed E-state index contributed by atoms with van der Waals surface area (Å²) in [6.07, 6.45) is -3.87. The van der Waals surface area contributed by atoms with Gasteiger partial charge in [-0.1, -0.05) is 37.6 Å². The Hall–Kier alpha value is -2.45. The summed E-state index contributed by atoms with van der Waals surface area (Å²) in [5.74, 6) is 0.370. The maximum atomic E-state index is 14.1. The molecule has 0 aliphatic heterocycles. The van der Waals surface area contributed by atoms with Crippen molar-refractivity contribution in [2.45, 2.75) is 37.5 Å². The number of nitrogens with one attached hydrogen (secondary N) is 1. The van der Waals surface area contributed by atoms with E-state index < -0.39 is 30.2 Å². The number of ether oxygens (including phenoxy) is 1. The lowest BCUT2D eigenvalue weighted by molar-refractivity contribution is -0.260. The minimum atomic E-state index is -4.86. The third-order valence-electron chi connectivity index (χ3n) is 5.46. The molecule has 0 aliphatic rings. The van der Waals surface area contributed by atoms with E-state index in [2.05, 4.69) is 10.3 Å². The minimum absolute atomic E-state index is 0.370. The van der Waals surface area contributed by atoms with Crippen molar-refractivity contribution in [1.82, 2.24) is 9.55 Å². The van der Waals surface area contributed by atoms with Crippen molar-refractivity contribution in [2.75, 3.05) is 19.0 Å². The number of aryl methyl sites for hydroxylation is 1. The fourth-order valence-corrected chi connectivity index (χ4v) is 4.07. The molecule has 2 aromatic carbocycles. The summed E-state index contributed by atoms with van der Waals surface area (Å²) in [7, 11) is 3.18. The van der Waals surface area contributed by atoms with Crippen LogP contribution < -0.4 is 10.1 Å². The number of hydrogen-bond donors (Lipinski definition) is 2. The number of aliphatic hydroxyl groups is 1. The van der Waals surface area contributed by atoms with E-state index >= 15 is 0 Å². The average molecular weight is 456 g/mol. The van der Waals surface area contributed by atoms with E-state index in [0.29, 0.717) is 33.1 Å². The van der Waals surface area contributed by atoms with Crippen LogP contribution in [0.4, 0.5) is 18.9 Å². The second-order valence-electron chi connectivity index (χ2n) is 8.32. The van der Waals surface area contributed by atoms with Gasteiger partial charge in [-0.15, -0.1) is 0 Å². The van der Waals surface area contributed by atoms with Gasteiger partial charge >= 0.3 is 6.18 Å². The number of aromatic nitrogens is 2. The maximum absolute atomic E-state index is 14.1. The van der Waals surface area contributed by atoms with Crippen molar-refractivity contribution in [3.63, 3.8) is 0 Å². The minimum Gasteiger partial charge on any atom is -0.496 e. The normalized spacial score (nSPS) is 14.5. The van der Waals surface area contributed by atoms with Gasteiger partial charge in [-0.25, -0.2) is 4.98 Å². The molecule has 0 fully saturated rings. The standard InChI is InChI=1S/C22H25ClF3N3O2/c1-20(2,15-9-8-14(23)10-18(15)31-4)11-21(30,22(24,25)26)12-27-16-6-5-7-17-19(16)29(3)13-28-17/h5-10,13,27,30H,11-12H2,1-4H3. The highest BCUT2D eigenvalue weighted by molar-refractivity contribution is 6.30. The van der Waals surface area contributed by atoms with Crippen molar-refractivity contribution in [1.29, 1.82) is 0 Å². The van der Waals surface area contributed by atoms with Crippen LogP contribution in [0.5, 0.6) is 5.75 Å². The van der Waals surface area contributed by atoms with Gasteiger partial charge in [0, 0.05) is 12.1 Å². The van der Waals surface area contributed by atoms with Crippen LogP contribution in [0.3, 0.4) is 0 Å². The topological polar surface area (TPSA) is 59.3 Å². The molecule has 0 radical (unpaired) electrons. The van der Waals surface area contributed by atoms with Gasteiger partial charge in [0.05, 0.1) is 36.7 Å². The van der Waals surface area contributed by atoms with Gasteiger partial charge in [0.25, 0.3) is 0 Å². The third-order valence-corrected chi connectivity index (χ3v) is 5.70. The SMILES string of the molecule is COc1cc(Cl)ccc1C(C)(C)CC(O)(CNc1cccc2ncn(C)c12)C(F)(F)F. The number of hydrogen-bond acceptors (Lipinski definition) is 4. The number of anilines is 1. The quantitative estimate of drug-likeness (QED) is 0.507. The van der Waals surface area contributed by atoms with Crippen LogP contribution in [-0.4, -0.2) is 40.1 Å². The molecule has 5 nitrogen and oxygen atoms in total. The predicted octanol–water partition coefficient (Wildman–Crippen LogP) is 5.31. The summed E-state index contributed by atoms with van der Waals surface area (Å²) >= 11 is 5.99. The van der Waals surface area contributed by atoms with Gasteiger partial charge in [0.2, 0.25) is 0 Å². The smallest absolute Gasteiger partial charge is 0.418 e. The maximum Gasteiger partial charge on any atom is 0.418 e. The third kappa shape index (κ3) is 4.60. The highest BCUT2D eigenvalue weighted by atomic mass is 35.5. The zero-order valence-electron chi connectivity index (χ0n) is 17.7. The highest BCUT2D eigenvalue weighted by Gasteiger charge is 2.56. The van der Waals surface area contributed by atoms with Gasteiger partial charge in [0.15, 0.2) is 5.60 Å². The van der Waals surface area contributed by atoms with Crippen molar-refractivity contribution in [2.24, 2.45) is 7.05 Å². The monoisotopic (exact) mass is 455 g/mol. The Kier molecular flexibility index (Phi) is 6.17. The summed E-state index contributed by atoms with van der Waals surface area (Å²) in [6.45, 7) is 2.55. The van der Waals surface area contributed by atoms with Crippen molar-refractivity contribution in [3.05, 3.63) is 53.3 Å². The van der Waals surface area contributed by atoms with E-state index in [1.165, 1.54) is 7.11 Å². The van der Waals surface area contributed by atoms with E-state index in [0.717, 1.165) is 0 Å². The lowest BCUT2D eigenvalue weighted by Gasteiger charge is -2.38. The Morgan fingerprint density at radius 2 is 1.90 bits per heavy atom. The number of para-hydroxylation sites is 1. The second-order valence-corrected chi connectivity index (χ2v) is 8.75. The fraction of sp³-hybridized carbons (Fsp3) is 0.409. The molecule has 0 spiro atoms. The lowest BCUT2D eigenvalue weighted by Crippen LogP contribution is -2.53. The molecule has 0 saturated carbocycles. The van der Waals surface area contributed by atoms with E-state index in [1.54, 1.807) is 68.2 Å². The molecule has 1 aromatic heterocycles. The summed E-state index contributed by atoms with van der Waals surface area (Å²) in [5.41, 5.74) is -1.78. The molecule has 0 aliphatic carbocycles. The number of methoxy groups -OCH3 is 1. The van der Waals surface area contributed by atoms with Crippen LogP contribution in [0.1, 0.15) is 25.8 Å². The van der Waals surface area contributed by atoms with E-state index in [1.807, 2.05) is 0 Å². The Labute approximate surface area is 183 Å². The van der Waals surface area contributed by atoms with Gasteiger partial charge in [-0.05, 0) is 41.7 Å². The Bertz CT molecular complexity index is 1080. The van der Waals surface area contributed by atoms with Crippen LogP contribution in [0, 0.1) is 0 Å². The first-order valence-electron chi connectivity index (χ1n) is 9.65. The first-order chi connectivity index (χ1) is 14.4. The molecule has 3 rings (SSSR count). The van der Waals surface area contributed by atoms with Crippen molar-refractivity contribution >= 4 is 28.3 Å². The molecular weight excluding hydrogens is 431 g/mol. The highest BCUT2D eigenvalue weighted by Crippen LogP contribution is 2.44. The summed E-state index contributed by atoms with van der Waals surface area (Å²) in [4.78, 5) is 4.21. The molecule has 1 atom stereocenters. The molecule has 0 saturated heterocycles. The molecule has 1 unspecified atom stereocenters. The van der Waals surface area contributed by atoms with Crippen LogP contribution in [0.25, 0.3) is 11.0 Å². The summed E-state index contributed by atoms with van der Waals surface area (Å²) in [6, 6.07) is 9.90. The number of nitrogens with zero attached hydrogens (tertiary/aromatic N) is 2. The van der Waals surface area contributed by atoms with Crippen LogP contribution in [-0.2, 0) is 12.5 Å².